The molecule has 1 atom stereocenters. The lowest BCUT2D eigenvalue weighted by Crippen LogP contribution is -2.16. The Morgan fingerprint density at radius 2 is 1.95 bits per heavy atom. The molecule has 2 N–H and O–H groups in total. The smallest absolute Gasteiger partial charge is 0.307 e. The Labute approximate surface area is 120 Å². The van der Waals surface area contributed by atoms with Gasteiger partial charge in [-0.3, -0.25) is 9.59 Å². The van der Waals surface area contributed by atoms with Crippen LogP contribution >= 0.6 is 0 Å². The quantitative estimate of drug-likeness (QED) is 0.803. The summed E-state index contributed by atoms with van der Waals surface area (Å²) in [5, 5.41) is 11.6. The van der Waals surface area contributed by atoms with E-state index in [-0.39, 0.29) is 12.3 Å². The molecule has 0 aromatic heterocycles. The molecule has 0 bridgehead atoms. The molecular weight excluding hydrogens is 254 g/mol. The first-order valence-corrected chi connectivity index (χ1v) is 6.97. The van der Waals surface area contributed by atoms with Gasteiger partial charge in [-0.25, -0.2) is 0 Å². The van der Waals surface area contributed by atoms with E-state index >= 15 is 0 Å². The van der Waals surface area contributed by atoms with E-state index in [0.29, 0.717) is 29.5 Å². The first kappa shape index (κ1) is 16.2. The molecule has 4 heteroatoms. The SMILES string of the molecule is CC(C)CC(C)CC(=O)Nc1cccc(CC(=O)O)c1. The van der Waals surface area contributed by atoms with Gasteiger partial charge in [0.25, 0.3) is 0 Å². The Kier molecular flexibility index (Phi) is 6.22. The third-order valence-electron chi connectivity index (χ3n) is 2.97. The van der Waals surface area contributed by atoms with Gasteiger partial charge in [-0.2, -0.15) is 0 Å². The van der Waals surface area contributed by atoms with Crippen LogP contribution in [0.1, 0.15) is 39.2 Å². The lowest BCUT2D eigenvalue weighted by atomic mass is 9.96. The molecule has 1 rings (SSSR count). The summed E-state index contributed by atoms with van der Waals surface area (Å²) in [6, 6.07) is 6.98. The Morgan fingerprint density at radius 3 is 2.55 bits per heavy atom. The van der Waals surface area contributed by atoms with E-state index in [4.69, 9.17) is 5.11 Å². The molecule has 0 radical (unpaired) electrons. The zero-order valence-corrected chi connectivity index (χ0v) is 12.3. The normalized spacial score (nSPS) is 12.2. The third-order valence-corrected chi connectivity index (χ3v) is 2.97. The van der Waals surface area contributed by atoms with Crippen molar-refractivity contribution < 1.29 is 14.7 Å². The van der Waals surface area contributed by atoms with E-state index in [1.54, 1.807) is 24.3 Å². The maximum Gasteiger partial charge on any atom is 0.307 e. The van der Waals surface area contributed by atoms with E-state index in [2.05, 4.69) is 26.1 Å². The highest BCUT2D eigenvalue weighted by atomic mass is 16.4. The average Bonchev–Trinajstić information content (AvgIpc) is 2.26. The molecule has 0 saturated heterocycles. The number of carbonyl (C=O) groups excluding carboxylic acids is 1. The maximum atomic E-state index is 11.9. The Hall–Kier alpha value is -1.84. The minimum atomic E-state index is -0.876. The second-order valence-electron chi connectivity index (χ2n) is 5.76. The lowest BCUT2D eigenvalue weighted by Gasteiger charge is -2.14. The van der Waals surface area contributed by atoms with Crippen LogP contribution in [0.3, 0.4) is 0 Å². The lowest BCUT2D eigenvalue weighted by molar-refractivity contribution is -0.136. The second kappa shape index (κ2) is 7.68. The number of carbonyl (C=O) groups is 2. The Morgan fingerprint density at radius 1 is 1.25 bits per heavy atom. The van der Waals surface area contributed by atoms with Crippen molar-refractivity contribution in [2.24, 2.45) is 11.8 Å². The number of rotatable bonds is 7. The topological polar surface area (TPSA) is 66.4 Å². The number of hydrogen-bond donors (Lipinski definition) is 2. The monoisotopic (exact) mass is 277 g/mol. The highest BCUT2D eigenvalue weighted by molar-refractivity contribution is 5.91. The molecule has 0 aliphatic rings. The van der Waals surface area contributed by atoms with Crippen molar-refractivity contribution in [3.05, 3.63) is 29.8 Å². The first-order valence-electron chi connectivity index (χ1n) is 6.97. The summed E-state index contributed by atoms with van der Waals surface area (Å²) >= 11 is 0. The minimum Gasteiger partial charge on any atom is -0.481 e. The van der Waals surface area contributed by atoms with Gasteiger partial charge in [0.1, 0.15) is 0 Å². The van der Waals surface area contributed by atoms with Crippen LogP contribution in [0.15, 0.2) is 24.3 Å². The summed E-state index contributed by atoms with van der Waals surface area (Å²) in [7, 11) is 0. The van der Waals surface area contributed by atoms with Gasteiger partial charge < -0.3 is 10.4 Å². The number of hydrogen-bond acceptors (Lipinski definition) is 2. The van der Waals surface area contributed by atoms with Gasteiger partial charge in [-0.05, 0) is 36.0 Å². The Bertz CT molecular complexity index is 469. The fraction of sp³-hybridized carbons (Fsp3) is 0.500. The van der Waals surface area contributed by atoms with Crippen molar-refractivity contribution in [3.63, 3.8) is 0 Å². The summed E-state index contributed by atoms with van der Waals surface area (Å²) in [4.78, 5) is 22.6. The van der Waals surface area contributed by atoms with Gasteiger partial charge in [0.15, 0.2) is 0 Å². The van der Waals surface area contributed by atoms with Crippen LogP contribution in [0.4, 0.5) is 5.69 Å². The first-order chi connectivity index (χ1) is 9.36. The van der Waals surface area contributed by atoms with Crippen molar-refractivity contribution >= 4 is 17.6 Å². The fourth-order valence-electron chi connectivity index (χ4n) is 2.35. The number of nitrogens with one attached hydrogen (secondary N) is 1. The van der Waals surface area contributed by atoms with Crippen LogP contribution in [0.5, 0.6) is 0 Å². The van der Waals surface area contributed by atoms with Crippen LogP contribution < -0.4 is 5.32 Å². The van der Waals surface area contributed by atoms with Crippen molar-refractivity contribution in [2.45, 2.75) is 40.0 Å². The van der Waals surface area contributed by atoms with Gasteiger partial charge in [0, 0.05) is 12.1 Å². The van der Waals surface area contributed by atoms with Gasteiger partial charge in [-0.1, -0.05) is 32.9 Å². The molecule has 1 unspecified atom stereocenters. The van der Waals surface area contributed by atoms with Gasteiger partial charge in [-0.15, -0.1) is 0 Å². The summed E-state index contributed by atoms with van der Waals surface area (Å²) in [6.45, 7) is 6.36. The second-order valence-corrected chi connectivity index (χ2v) is 5.76. The molecule has 1 amide bonds. The number of carboxylic acid groups (broad SMARTS) is 1. The highest BCUT2D eigenvalue weighted by Gasteiger charge is 2.11. The number of amides is 1. The number of anilines is 1. The number of aliphatic carboxylic acids is 1. The van der Waals surface area contributed by atoms with Gasteiger partial charge in [0.05, 0.1) is 6.42 Å². The molecule has 0 heterocycles. The molecule has 1 aromatic carbocycles. The molecule has 0 saturated carbocycles. The van der Waals surface area contributed by atoms with Crippen LogP contribution in [-0.2, 0) is 16.0 Å². The van der Waals surface area contributed by atoms with Crippen molar-refractivity contribution in [3.8, 4) is 0 Å². The predicted molar refractivity (Wildman–Crippen MR) is 79.6 cm³/mol. The van der Waals surface area contributed by atoms with Crippen molar-refractivity contribution in [1.82, 2.24) is 0 Å². The highest BCUT2D eigenvalue weighted by Crippen LogP contribution is 2.17. The predicted octanol–water partition coefficient (Wildman–Crippen LogP) is 3.32. The van der Waals surface area contributed by atoms with E-state index in [1.165, 1.54) is 0 Å². The number of carboxylic acids is 1. The molecular formula is C16H23NO3. The zero-order valence-electron chi connectivity index (χ0n) is 12.3. The van der Waals surface area contributed by atoms with E-state index in [1.807, 2.05) is 0 Å². The largest absolute Gasteiger partial charge is 0.481 e. The van der Waals surface area contributed by atoms with Crippen molar-refractivity contribution in [2.75, 3.05) is 5.32 Å². The van der Waals surface area contributed by atoms with Crippen LogP contribution in [0, 0.1) is 11.8 Å². The van der Waals surface area contributed by atoms with Crippen molar-refractivity contribution in [1.29, 1.82) is 0 Å². The van der Waals surface area contributed by atoms with E-state index in [9.17, 15) is 9.59 Å². The molecule has 0 aliphatic carbocycles. The minimum absolute atomic E-state index is 0.0226. The zero-order chi connectivity index (χ0) is 15.1. The Balaban J connectivity index is 2.55. The number of benzene rings is 1. The summed E-state index contributed by atoms with van der Waals surface area (Å²) in [5.41, 5.74) is 1.34. The van der Waals surface area contributed by atoms with Crippen LogP contribution in [-0.4, -0.2) is 17.0 Å². The molecule has 110 valence electrons. The summed E-state index contributed by atoms with van der Waals surface area (Å²) in [5.74, 6) is 0.0264. The average molecular weight is 277 g/mol. The van der Waals surface area contributed by atoms with Gasteiger partial charge >= 0.3 is 5.97 Å². The van der Waals surface area contributed by atoms with E-state index < -0.39 is 5.97 Å². The summed E-state index contributed by atoms with van der Waals surface area (Å²) < 4.78 is 0. The third kappa shape index (κ3) is 6.36. The molecule has 0 fully saturated rings. The maximum absolute atomic E-state index is 11.9. The van der Waals surface area contributed by atoms with Gasteiger partial charge in [0.2, 0.25) is 5.91 Å². The molecule has 0 aliphatic heterocycles. The molecule has 20 heavy (non-hydrogen) atoms. The molecule has 0 spiro atoms. The molecule has 4 nitrogen and oxygen atoms in total. The summed E-state index contributed by atoms with van der Waals surface area (Å²) in [6.07, 6.45) is 1.47. The van der Waals surface area contributed by atoms with Crippen LogP contribution in [0.2, 0.25) is 0 Å². The standard InChI is InChI=1S/C16H23NO3/c1-11(2)7-12(3)8-15(18)17-14-6-4-5-13(9-14)10-16(19)20/h4-6,9,11-12H,7-8,10H2,1-3H3,(H,17,18)(H,19,20). The fourth-order valence-corrected chi connectivity index (χ4v) is 2.35. The van der Waals surface area contributed by atoms with E-state index in [0.717, 1.165) is 6.42 Å². The van der Waals surface area contributed by atoms with Crippen LogP contribution in [0.25, 0.3) is 0 Å². The molecule has 1 aromatic rings.